The van der Waals surface area contributed by atoms with Crippen molar-refractivity contribution in [2.75, 3.05) is 0 Å². The molecule has 0 bridgehead atoms. The zero-order valence-corrected chi connectivity index (χ0v) is 9.99. The molecule has 0 aliphatic carbocycles. The van der Waals surface area contributed by atoms with Gasteiger partial charge in [-0.3, -0.25) is 0 Å². The fraction of sp³-hybridized carbons (Fsp3) is 0.250. The summed E-state index contributed by atoms with van der Waals surface area (Å²) in [6.45, 7) is -0.334. The highest BCUT2D eigenvalue weighted by atomic mass is 35.5. The molecule has 1 aromatic carbocycles. The van der Waals surface area contributed by atoms with Gasteiger partial charge in [0.05, 0.1) is 10.5 Å². The number of hydrogen-bond acceptors (Lipinski definition) is 3. The Morgan fingerprint density at radius 3 is 2.12 bits per heavy atom. The molecule has 0 amide bonds. The molecule has 0 fully saturated rings. The molecule has 9 heteroatoms. The zero-order valence-electron chi connectivity index (χ0n) is 8.36. The number of nitrogens with two attached hydrogens (primary N) is 2. The van der Waals surface area contributed by atoms with E-state index in [9.17, 15) is 21.6 Å². The summed E-state index contributed by atoms with van der Waals surface area (Å²) in [6.07, 6.45) is -4.66. The van der Waals surface area contributed by atoms with Gasteiger partial charge >= 0.3 is 6.18 Å². The first-order valence-corrected chi connectivity index (χ1v) is 5.64. The van der Waals surface area contributed by atoms with E-state index >= 15 is 0 Å². The Labute approximate surface area is 102 Å². The van der Waals surface area contributed by atoms with Crippen molar-refractivity contribution in [2.45, 2.75) is 17.6 Å². The second-order valence-electron chi connectivity index (χ2n) is 3.07. The minimum Gasteiger partial charge on any atom is -0.326 e. The van der Waals surface area contributed by atoms with Crippen LogP contribution in [0.3, 0.4) is 0 Å². The monoisotopic (exact) mass is 290 g/mol. The van der Waals surface area contributed by atoms with E-state index in [1.807, 2.05) is 0 Å². The molecule has 0 aliphatic heterocycles. The number of primary sulfonamides is 1. The van der Waals surface area contributed by atoms with Gasteiger partial charge in [0.2, 0.25) is 10.0 Å². The smallest absolute Gasteiger partial charge is 0.326 e. The first-order chi connectivity index (χ1) is 7.16. The number of benzene rings is 1. The lowest BCUT2D eigenvalue weighted by Gasteiger charge is -2.12. The van der Waals surface area contributed by atoms with Gasteiger partial charge in [-0.25, -0.2) is 13.6 Å². The second-order valence-corrected chi connectivity index (χ2v) is 4.63. The van der Waals surface area contributed by atoms with Crippen molar-refractivity contribution in [3.8, 4) is 0 Å². The van der Waals surface area contributed by atoms with Crippen LogP contribution in [0.15, 0.2) is 23.1 Å². The number of sulfonamides is 1. The highest BCUT2D eigenvalue weighted by molar-refractivity contribution is 7.89. The summed E-state index contributed by atoms with van der Waals surface area (Å²) in [7, 11) is -4.15. The first-order valence-electron chi connectivity index (χ1n) is 4.09. The van der Waals surface area contributed by atoms with Gasteiger partial charge in [-0.05, 0) is 17.7 Å². The Bertz CT molecular complexity index is 502. The standard InChI is InChI=1S/C8H9F3N2O2S.ClH/c9-8(10,11)7-3-6(16(13,14)15)2-1-5(7)4-12;/h1-3H,4,12H2,(H2,13,14,15);1H. The van der Waals surface area contributed by atoms with Crippen molar-refractivity contribution in [1.82, 2.24) is 0 Å². The van der Waals surface area contributed by atoms with E-state index < -0.39 is 26.7 Å². The molecule has 0 aromatic heterocycles. The molecule has 0 saturated carbocycles. The maximum absolute atomic E-state index is 12.5. The predicted molar refractivity (Wildman–Crippen MR) is 58.0 cm³/mol. The van der Waals surface area contributed by atoms with Crippen molar-refractivity contribution < 1.29 is 21.6 Å². The third kappa shape index (κ3) is 3.84. The molecule has 0 unspecified atom stereocenters. The van der Waals surface area contributed by atoms with Gasteiger partial charge in [0.15, 0.2) is 0 Å². The van der Waals surface area contributed by atoms with Gasteiger partial charge in [0, 0.05) is 6.54 Å². The van der Waals surface area contributed by atoms with E-state index in [0.717, 1.165) is 12.1 Å². The molecule has 4 N–H and O–H groups in total. The van der Waals surface area contributed by atoms with Crippen LogP contribution in [-0.4, -0.2) is 8.42 Å². The normalized spacial score (nSPS) is 12.1. The molecular weight excluding hydrogens is 281 g/mol. The Kier molecular flexibility index (Phi) is 4.96. The molecule has 0 radical (unpaired) electrons. The van der Waals surface area contributed by atoms with Crippen LogP contribution in [0, 0.1) is 0 Å². The van der Waals surface area contributed by atoms with Gasteiger partial charge in [-0.15, -0.1) is 12.4 Å². The highest BCUT2D eigenvalue weighted by Gasteiger charge is 2.33. The van der Waals surface area contributed by atoms with Crippen LogP contribution in [-0.2, 0) is 22.7 Å². The van der Waals surface area contributed by atoms with Crippen LogP contribution >= 0.6 is 12.4 Å². The fourth-order valence-electron chi connectivity index (χ4n) is 1.17. The topological polar surface area (TPSA) is 86.2 Å². The molecule has 1 rings (SSSR count). The molecule has 0 saturated heterocycles. The van der Waals surface area contributed by atoms with E-state index in [1.165, 1.54) is 0 Å². The molecule has 0 heterocycles. The molecule has 17 heavy (non-hydrogen) atoms. The Morgan fingerprint density at radius 2 is 1.76 bits per heavy atom. The number of halogens is 4. The number of hydrogen-bond donors (Lipinski definition) is 2. The van der Waals surface area contributed by atoms with Gasteiger partial charge in [-0.1, -0.05) is 6.07 Å². The van der Waals surface area contributed by atoms with Crippen LogP contribution in [0.2, 0.25) is 0 Å². The quantitative estimate of drug-likeness (QED) is 0.859. The van der Waals surface area contributed by atoms with Crippen molar-refractivity contribution in [3.05, 3.63) is 29.3 Å². The van der Waals surface area contributed by atoms with Crippen LogP contribution in [0.25, 0.3) is 0 Å². The van der Waals surface area contributed by atoms with E-state index in [-0.39, 0.29) is 24.5 Å². The summed E-state index contributed by atoms with van der Waals surface area (Å²) in [4.78, 5) is -0.586. The Hall–Kier alpha value is -0.830. The zero-order chi connectivity index (χ0) is 12.6. The van der Waals surface area contributed by atoms with Gasteiger partial charge in [-0.2, -0.15) is 13.2 Å². The van der Waals surface area contributed by atoms with Crippen molar-refractivity contribution in [1.29, 1.82) is 0 Å². The minimum atomic E-state index is -4.66. The maximum Gasteiger partial charge on any atom is 0.416 e. The maximum atomic E-state index is 12.5. The lowest BCUT2D eigenvalue weighted by Crippen LogP contribution is -2.16. The van der Waals surface area contributed by atoms with Crippen molar-refractivity contribution in [2.24, 2.45) is 10.9 Å². The summed E-state index contributed by atoms with van der Waals surface area (Å²) in [5.74, 6) is 0. The summed E-state index contributed by atoms with van der Waals surface area (Å²) in [5.41, 5.74) is 3.86. The molecule has 4 nitrogen and oxygen atoms in total. The van der Waals surface area contributed by atoms with Gasteiger partial charge in [0.1, 0.15) is 0 Å². The number of alkyl halides is 3. The van der Waals surface area contributed by atoms with Crippen molar-refractivity contribution in [3.63, 3.8) is 0 Å². The summed E-state index contributed by atoms with van der Waals surface area (Å²) in [6, 6.07) is 2.48. The molecular formula is C8H10ClF3N2O2S. The SMILES string of the molecule is Cl.NCc1ccc(S(N)(=O)=O)cc1C(F)(F)F. The van der Waals surface area contributed by atoms with Crippen LogP contribution in [0.4, 0.5) is 13.2 Å². The molecule has 98 valence electrons. The average Bonchev–Trinajstić information content (AvgIpc) is 2.14. The van der Waals surface area contributed by atoms with E-state index in [1.54, 1.807) is 0 Å². The van der Waals surface area contributed by atoms with E-state index in [2.05, 4.69) is 0 Å². The first kappa shape index (κ1) is 16.2. The third-order valence-corrected chi connectivity index (χ3v) is 2.85. The van der Waals surface area contributed by atoms with E-state index in [0.29, 0.717) is 6.07 Å². The lowest BCUT2D eigenvalue weighted by molar-refractivity contribution is -0.138. The summed E-state index contributed by atoms with van der Waals surface area (Å²) in [5, 5.41) is 4.73. The predicted octanol–water partition coefficient (Wildman–Crippen LogP) is 1.23. The minimum absolute atomic E-state index is 0. The lowest BCUT2D eigenvalue weighted by atomic mass is 10.1. The van der Waals surface area contributed by atoms with Gasteiger partial charge < -0.3 is 5.73 Å². The molecule has 0 spiro atoms. The largest absolute Gasteiger partial charge is 0.416 e. The fourth-order valence-corrected chi connectivity index (χ4v) is 1.71. The summed E-state index contributed by atoms with van der Waals surface area (Å²) >= 11 is 0. The molecule has 0 aliphatic rings. The Balaban J connectivity index is 0.00000256. The molecule has 0 atom stereocenters. The highest BCUT2D eigenvalue weighted by Crippen LogP contribution is 2.33. The van der Waals surface area contributed by atoms with Crippen LogP contribution in [0.5, 0.6) is 0 Å². The van der Waals surface area contributed by atoms with Crippen LogP contribution in [0.1, 0.15) is 11.1 Å². The second kappa shape index (κ2) is 5.21. The number of rotatable bonds is 2. The summed E-state index contributed by atoms with van der Waals surface area (Å²) < 4.78 is 59.3. The van der Waals surface area contributed by atoms with Crippen LogP contribution < -0.4 is 10.9 Å². The average molecular weight is 291 g/mol. The third-order valence-electron chi connectivity index (χ3n) is 1.94. The van der Waals surface area contributed by atoms with Gasteiger partial charge in [0.25, 0.3) is 0 Å². The van der Waals surface area contributed by atoms with Crippen molar-refractivity contribution >= 4 is 22.4 Å². The van der Waals surface area contributed by atoms with E-state index in [4.69, 9.17) is 10.9 Å². The molecule has 1 aromatic rings. The Morgan fingerprint density at radius 1 is 1.24 bits per heavy atom.